The molecule has 0 N–H and O–H groups in total. The van der Waals surface area contributed by atoms with E-state index in [0.717, 1.165) is 24.0 Å². The van der Waals surface area contributed by atoms with Gasteiger partial charge in [-0.3, -0.25) is 10.1 Å². The van der Waals surface area contributed by atoms with E-state index in [2.05, 4.69) is 0 Å². The minimum absolute atomic E-state index is 0.0691. The molecule has 0 spiro atoms. The average molecular weight is 315 g/mol. The summed E-state index contributed by atoms with van der Waals surface area (Å²) in [6.07, 6.45) is 2.10. The maximum absolute atomic E-state index is 13.7. The number of nitro groups is 1. The van der Waals surface area contributed by atoms with Crippen LogP contribution in [0.3, 0.4) is 0 Å². The second-order valence-corrected chi connectivity index (χ2v) is 6.03. The minimum atomic E-state index is -0.382. The highest BCUT2D eigenvalue weighted by Crippen LogP contribution is 2.43. The van der Waals surface area contributed by atoms with Crippen molar-refractivity contribution in [2.45, 2.75) is 39.2 Å². The molecule has 0 radical (unpaired) electrons. The third kappa shape index (κ3) is 3.18. The molecule has 1 saturated carbocycles. The van der Waals surface area contributed by atoms with Crippen molar-refractivity contribution in [2.75, 3.05) is 0 Å². The Labute approximate surface area is 134 Å². The van der Waals surface area contributed by atoms with Crippen LogP contribution < -0.4 is 4.74 Å². The molecule has 2 aromatic rings. The molecule has 0 heterocycles. The van der Waals surface area contributed by atoms with Crippen molar-refractivity contribution >= 4 is 5.69 Å². The van der Waals surface area contributed by atoms with Crippen molar-refractivity contribution in [1.82, 2.24) is 0 Å². The highest BCUT2D eigenvalue weighted by molar-refractivity contribution is 5.48. The first kappa shape index (κ1) is 15.5. The molecule has 0 amide bonds. The first-order chi connectivity index (χ1) is 11.0. The molecule has 4 nitrogen and oxygen atoms in total. The normalized spacial score (nSPS) is 13.9. The molecule has 1 aliphatic carbocycles. The van der Waals surface area contributed by atoms with Crippen LogP contribution in [0.1, 0.15) is 41.0 Å². The number of rotatable bonds is 5. The lowest BCUT2D eigenvalue weighted by atomic mass is 10.0. The number of nitro benzene ring substituents is 1. The summed E-state index contributed by atoms with van der Waals surface area (Å²) in [5.41, 5.74) is 3.01. The number of nitrogens with zero attached hydrogens (tertiary/aromatic N) is 1. The standard InChI is InChI=1S/C18H18FNO3/c1-11-8-12(2)18(9-16(11)19)23-10-15-14(13-6-7-13)4-3-5-17(15)20(21)22/h3-5,8-9,13H,6-7,10H2,1-2H3. The number of hydrogen-bond donors (Lipinski definition) is 0. The number of aryl methyl sites for hydroxylation is 2. The average Bonchev–Trinajstić information content (AvgIpc) is 3.34. The van der Waals surface area contributed by atoms with Gasteiger partial charge in [-0.25, -0.2) is 4.39 Å². The first-order valence-electron chi connectivity index (χ1n) is 7.63. The molecule has 0 aromatic heterocycles. The topological polar surface area (TPSA) is 52.4 Å². The molecule has 0 atom stereocenters. The fourth-order valence-electron chi connectivity index (χ4n) is 2.81. The highest BCUT2D eigenvalue weighted by atomic mass is 19.1. The van der Waals surface area contributed by atoms with Crippen molar-refractivity contribution < 1.29 is 14.1 Å². The lowest BCUT2D eigenvalue weighted by Crippen LogP contribution is -2.05. The quantitative estimate of drug-likeness (QED) is 0.588. The van der Waals surface area contributed by atoms with E-state index in [-0.39, 0.29) is 23.0 Å². The Balaban J connectivity index is 1.91. The molecule has 0 aliphatic heterocycles. The van der Waals surface area contributed by atoms with Crippen molar-refractivity contribution in [3.63, 3.8) is 0 Å². The van der Waals surface area contributed by atoms with Gasteiger partial charge in [0.2, 0.25) is 0 Å². The fraction of sp³-hybridized carbons (Fsp3) is 0.333. The Morgan fingerprint density at radius 3 is 2.65 bits per heavy atom. The predicted molar refractivity (Wildman–Crippen MR) is 85.3 cm³/mol. The second kappa shape index (κ2) is 5.99. The first-order valence-corrected chi connectivity index (χ1v) is 7.63. The van der Waals surface area contributed by atoms with Crippen LogP contribution >= 0.6 is 0 Å². The molecule has 2 aromatic carbocycles. The largest absolute Gasteiger partial charge is 0.488 e. The zero-order chi connectivity index (χ0) is 16.6. The molecule has 5 heteroatoms. The zero-order valence-corrected chi connectivity index (χ0v) is 13.1. The van der Waals surface area contributed by atoms with Crippen molar-refractivity contribution in [3.8, 4) is 5.75 Å². The lowest BCUT2D eigenvalue weighted by Gasteiger charge is -2.13. The number of hydrogen-bond acceptors (Lipinski definition) is 3. The van der Waals surface area contributed by atoms with E-state index in [1.807, 2.05) is 13.0 Å². The van der Waals surface area contributed by atoms with E-state index in [1.165, 1.54) is 12.1 Å². The summed E-state index contributed by atoms with van der Waals surface area (Å²) >= 11 is 0. The third-order valence-corrected chi connectivity index (χ3v) is 4.23. The van der Waals surface area contributed by atoms with Gasteiger partial charge in [-0.05, 0) is 55.4 Å². The maximum Gasteiger partial charge on any atom is 0.276 e. The van der Waals surface area contributed by atoms with Crippen LogP contribution in [0, 0.1) is 29.8 Å². The smallest absolute Gasteiger partial charge is 0.276 e. The Kier molecular flexibility index (Phi) is 4.03. The van der Waals surface area contributed by atoms with Crippen LogP contribution in [0.4, 0.5) is 10.1 Å². The van der Waals surface area contributed by atoms with Gasteiger partial charge in [-0.2, -0.15) is 0 Å². The molecule has 0 unspecified atom stereocenters. The lowest BCUT2D eigenvalue weighted by molar-refractivity contribution is -0.385. The van der Waals surface area contributed by atoms with Gasteiger partial charge in [0, 0.05) is 12.1 Å². The van der Waals surface area contributed by atoms with Crippen molar-refractivity contribution in [2.24, 2.45) is 0 Å². The molecule has 0 saturated heterocycles. The van der Waals surface area contributed by atoms with Gasteiger partial charge in [0.1, 0.15) is 18.2 Å². The van der Waals surface area contributed by atoms with Gasteiger partial charge < -0.3 is 4.74 Å². The zero-order valence-electron chi connectivity index (χ0n) is 13.1. The summed E-state index contributed by atoms with van der Waals surface area (Å²) in [6.45, 7) is 3.61. The third-order valence-electron chi connectivity index (χ3n) is 4.23. The van der Waals surface area contributed by atoms with E-state index >= 15 is 0 Å². The Morgan fingerprint density at radius 2 is 2.00 bits per heavy atom. The maximum atomic E-state index is 13.7. The Morgan fingerprint density at radius 1 is 1.26 bits per heavy atom. The van der Waals surface area contributed by atoms with Crippen LogP contribution in [0.5, 0.6) is 5.75 Å². The van der Waals surface area contributed by atoms with Gasteiger partial charge in [-0.1, -0.05) is 12.1 Å². The summed E-state index contributed by atoms with van der Waals surface area (Å²) in [4.78, 5) is 10.9. The van der Waals surface area contributed by atoms with E-state index in [4.69, 9.17) is 4.74 Å². The predicted octanol–water partition coefficient (Wildman–Crippen LogP) is 4.81. The van der Waals surface area contributed by atoms with Gasteiger partial charge in [-0.15, -0.1) is 0 Å². The van der Waals surface area contributed by atoms with Crippen LogP contribution in [0.2, 0.25) is 0 Å². The van der Waals surface area contributed by atoms with E-state index in [0.29, 0.717) is 22.8 Å². The van der Waals surface area contributed by atoms with Gasteiger partial charge in [0.15, 0.2) is 0 Å². The molecule has 1 aliphatic rings. The molecular formula is C18H18FNO3. The van der Waals surface area contributed by atoms with Crippen LogP contribution in [0.15, 0.2) is 30.3 Å². The summed E-state index contributed by atoms with van der Waals surface area (Å²) < 4.78 is 19.4. The van der Waals surface area contributed by atoms with Crippen LogP contribution in [0.25, 0.3) is 0 Å². The fourth-order valence-corrected chi connectivity index (χ4v) is 2.81. The van der Waals surface area contributed by atoms with Crippen molar-refractivity contribution in [3.05, 3.63) is 68.5 Å². The Bertz CT molecular complexity index is 769. The summed E-state index contributed by atoms with van der Waals surface area (Å²) in [6, 6.07) is 8.19. The van der Waals surface area contributed by atoms with Gasteiger partial charge in [0.25, 0.3) is 5.69 Å². The summed E-state index contributed by atoms with van der Waals surface area (Å²) in [7, 11) is 0. The number of halogens is 1. The van der Waals surface area contributed by atoms with Crippen molar-refractivity contribution in [1.29, 1.82) is 0 Å². The number of benzene rings is 2. The van der Waals surface area contributed by atoms with Crippen LogP contribution in [-0.4, -0.2) is 4.92 Å². The van der Waals surface area contributed by atoms with Crippen LogP contribution in [-0.2, 0) is 6.61 Å². The molecule has 120 valence electrons. The monoisotopic (exact) mass is 315 g/mol. The second-order valence-electron chi connectivity index (χ2n) is 6.03. The molecular weight excluding hydrogens is 297 g/mol. The molecule has 0 bridgehead atoms. The van der Waals surface area contributed by atoms with E-state index in [9.17, 15) is 14.5 Å². The van der Waals surface area contributed by atoms with Gasteiger partial charge >= 0.3 is 0 Å². The summed E-state index contributed by atoms with van der Waals surface area (Å²) in [5.74, 6) is 0.466. The highest BCUT2D eigenvalue weighted by Gasteiger charge is 2.30. The van der Waals surface area contributed by atoms with E-state index < -0.39 is 0 Å². The number of ether oxygens (including phenoxy) is 1. The minimum Gasteiger partial charge on any atom is -0.488 e. The van der Waals surface area contributed by atoms with Gasteiger partial charge in [0.05, 0.1) is 10.5 Å². The molecule has 23 heavy (non-hydrogen) atoms. The molecule has 3 rings (SSSR count). The molecule has 1 fully saturated rings. The summed E-state index contributed by atoms with van der Waals surface area (Å²) in [5, 5.41) is 11.3. The SMILES string of the molecule is Cc1cc(C)c(OCc2c(C3CC3)cccc2[N+](=O)[O-])cc1F. The Hall–Kier alpha value is -2.43. The van der Waals surface area contributed by atoms with E-state index in [1.54, 1.807) is 19.1 Å².